The zero-order valence-corrected chi connectivity index (χ0v) is 12.6. The number of nitrogens with zero attached hydrogens (tertiary/aromatic N) is 2. The van der Waals surface area contributed by atoms with E-state index in [1.54, 1.807) is 0 Å². The fourth-order valence-corrected chi connectivity index (χ4v) is 2.55. The summed E-state index contributed by atoms with van der Waals surface area (Å²) >= 11 is 0. The SMILES string of the molecule is CCNc1nnc(-c2ccc3ccccc3c2)c(C)c1C. The Morgan fingerprint density at radius 1 is 0.905 bits per heavy atom. The van der Waals surface area contributed by atoms with Crippen LogP contribution in [0.25, 0.3) is 22.0 Å². The molecule has 3 rings (SSSR count). The van der Waals surface area contributed by atoms with Crippen LogP contribution in [0.1, 0.15) is 18.1 Å². The topological polar surface area (TPSA) is 37.8 Å². The number of aromatic nitrogens is 2. The average Bonchev–Trinajstić information content (AvgIpc) is 2.52. The van der Waals surface area contributed by atoms with E-state index in [4.69, 9.17) is 0 Å². The average molecular weight is 277 g/mol. The van der Waals surface area contributed by atoms with E-state index >= 15 is 0 Å². The zero-order chi connectivity index (χ0) is 14.8. The fraction of sp³-hybridized carbons (Fsp3) is 0.222. The molecule has 0 radical (unpaired) electrons. The molecule has 0 unspecified atom stereocenters. The second-order valence-corrected chi connectivity index (χ2v) is 5.24. The number of hydrogen-bond donors (Lipinski definition) is 1. The van der Waals surface area contributed by atoms with Crippen LogP contribution in [-0.2, 0) is 0 Å². The second kappa shape index (κ2) is 5.52. The summed E-state index contributed by atoms with van der Waals surface area (Å²) in [6.45, 7) is 7.11. The molecule has 3 aromatic rings. The van der Waals surface area contributed by atoms with Gasteiger partial charge in [0.2, 0.25) is 0 Å². The molecular weight excluding hydrogens is 258 g/mol. The Kier molecular flexibility index (Phi) is 3.57. The van der Waals surface area contributed by atoms with Gasteiger partial charge < -0.3 is 5.32 Å². The van der Waals surface area contributed by atoms with Crippen LogP contribution in [0.3, 0.4) is 0 Å². The molecule has 106 valence electrons. The summed E-state index contributed by atoms with van der Waals surface area (Å²) in [5, 5.41) is 14.5. The van der Waals surface area contributed by atoms with Crippen molar-refractivity contribution in [2.75, 3.05) is 11.9 Å². The van der Waals surface area contributed by atoms with Gasteiger partial charge in [0.1, 0.15) is 0 Å². The first-order chi connectivity index (χ1) is 10.2. The highest BCUT2D eigenvalue weighted by Gasteiger charge is 2.11. The summed E-state index contributed by atoms with van der Waals surface area (Å²) in [6, 6.07) is 14.8. The minimum absolute atomic E-state index is 0.851. The van der Waals surface area contributed by atoms with Crippen LogP contribution in [-0.4, -0.2) is 16.7 Å². The summed E-state index contributed by atoms with van der Waals surface area (Å²) in [7, 11) is 0. The van der Waals surface area contributed by atoms with Gasteiger partial charge in [-0.15, -0.1) is 10.2 Å². The third kappa shape index (κ3) is 2.47. The molecule has 0 aliphatic rings. The lowest BCUT2D eigenvalue weighted by Crippen LogP contribution is -2.06. The van der Waals surface area contributed by atoms with Crippen LogP contribution in [0.15, 0.2) is 42.5 Å². The Morgan fingerprint density at radius 3 is 2.43 bits per heavy atom. The molecule has 0 atom stereocenters. The molecule has 0 saturated carbocycles. The number of rotatable bonds is 3. The molecule has 0 spiro atoms. The Balaban J connectivity index is 2.12. The first kappa shape index (κ1) is 13.6. The van der Waals surface area contributed by atoms with E-state index in [0.29, 0.717) is 0 Å². The highest BCUT2D eigenvalue weighted by Crippen LogP contribution is 2.28. The van der Waals surface area contributed by atoms with Crippen molar-refractivity contribution in [3.8, 4) is 11.3 Å². The molecule has 1 aromatic heterocycles. The summed E-state index contributed by atoms with van der Waals surface area (Å²) in [5.74, 6) is 0.875. The lowest BCUT2D eigenvalue weighted by molar-refractivity contribution is 0.987. The fourth-order valence-electron chi connectivity index (χ4n) is 2.55. The maximum Gasteiger partial charge on any atom is 0.151 e. The molecular formula is C18H19N3. The first-order valence-corrected chi connectivity index (χ1v) is 7.27. The molecule has 2 aromatic carbocycles. The van der Waals surface area contributed by atoms with Crippen molar-refractivity contribution in [2.45, 2.75) is 20.8 Å². The number of benzene rings is 2. The van der Waals surface area contributed by atoms with Crippen molar-refractivity contribution < 1.29 is 0 Å². The minimum atomic E-state index is 0.851. The molecule has 1 heterocycles. The summed E-state index contributed by atoms with van der Waals surface area (Å²) in [5.41, 5.74) is 4.41. The molecule has 3 nitrogen and oxygen atoms in total. The van der Waals surface area contributed by atoms with E-state index in [-0.39, 0.29) is 0 Å². The van der Waals surface area contributed by atoms with E-state index in [0.717, 1.165) is 29.2 Å². The third-order valence-electron chi connectivity index (χ3n) is 3.89. The molecule has 21 heavy (non-hydrogen) atoms. The second-order valence-electron chi connectivity index (χ2n) is 5.24. The number of nitrogens with one attached hydrogen (secondary N) is 1. The van der Waals surface area contributed by atoms with Crippen LogP contribution in [0, 0.1) is 13.8 Å². The quantitative estimate of drug-likeness (QED) is 0.773. The van der Waals surface area contributed by atoms with Crippen molar-refractivity contribution in [3.63, 3.8) is 0 Å². The highest BCUT2D eigenvalue weighted by atomic mass is 15.2. The number of hydrogen-bond acceptors (Lipinski definition) is 3. The van der Waals surface area contributed by atoms with Crippen molar-refractivity contribution in [3.05, 3.63) is 53.6 Å². The predicted octanol–water partition coefficient (Wildman–Crippen LogP) is 4.35. The lowest BCUT2D eigenvalue weighted by Gasteiger charge is -2.12. The van der Waals surface area contributed by atoms with Gasteiger partial charge in [0.15, 0.2) is 5.82 Å². The molecule has 0 amide bonds. The summed E-state index contributed by atoms with van der Waals surface area (Å²) in [6.07, 6.45) is 0. The van der Waals surface area contributed by atoms with Gasteiger partial charge in [-0.25, -0.2) is 0 Å². The summed E-state index contributed by atoms with van der Waals surface area (Å²) in [4.78, 5) is 0. The van der Waals surface area contributed by atoms with Gasteiger partial charge >= 0.3 is 0 Å². The molecule has 0 aliphatic heterocycles. The third-order valence-corrected chi connectivity index (χ3v) is 3.89. The van der Waals surface area contributed by atoms with Gasteiger partial charge in [0, 0.05) is 12.1 Å². The van der Waals surface area contributed by atoms with Crippen LogP contribution in [0.2, 0.25) is 0 Å². The van der Waals surface area contributed by atoms with Crippen LogP contribution in [0.4, 0.5) is 5.82 Å². The van der Waals surface area contributed by atoms with Gasteiger partial charge in [-0.3, -0.25) is 0 Å². The van der Waals surface area contributed by atoms with Crippen molar-refractivity contribution in [2.24, 2.45) is 0 Å². The Hall–Kier alpha value is -2.42. The largest absolute Gasteiger partial charge is 0.369 e. The monoisotopic (exact) mass is 277 g/mol. The van der Waals surface area contributed by atoms with Crippen molar-refractivity contribution in [1.82, 2.24) is 10.2 Å². The van der Waals surface area contributed by atoms with E-state index in [1.807, 2.05) is 0 Å². The van der Waals surface area contributed by atoms with Gasteiger partial charge in [-0.05, 0) is 48.7 Å². The van der Waals surface area contributed by atoms with Gasteiger partial charge in [0.05, 0.1) is 5.69 Å². The molecule has 0 bridgehead atoms. The number of anilines is 1. The van der Waals surface area contributed by atoms with Gasteiger partial charge in [0.25, 0.3) is 0 Å². The Labute approximate surface area is 125 Å². The Bertz CT molecular complexity index is 794. The predicted molar refractivity (Wildman–Crippen MR) is 88.6 cm³/mol. The highest BCUT2D eigenvalue weighted by molar-refractivity contribution is 5.87. The van der Waals surface area contributed by atoms with E-state index in [1.165, 1.54) is 16.3 Å². The van der Waals surface area contributed by atoms with Crippen LogP contribution < -0.4 is 5.32 Å². The van der Waals surface area contributed by atoms with Crippen LogP contribution in [0.5, 0.6) is 0 Å². The minimum Gasteiger partial charge on any atom is -0.369 e. The molecule has 0 saturated heterocycles. The number of fused-ring (bicyclic) bond motifs is 1. The van der Waals surface area contributed by atoms with Gasteiger partial charge in [-0.2, -0.15) is 0 Å². The molecule has 1 N–H and O–H groups in total. The first-order valence-electron chi connectivity index (χ1n) is 7.27. The van der Waals surface area contributed by atoms with Crippen LogP contribution >= 0.6 is 0 Å². The molecule has 0 aliphatic carbocycles. The standard InChI is InChI=1S/C18H19N3/c1-4-19-18-13(3)12(2)17(20-21-18)16-10-9-14-7-5-6-8-15(14)11-16/h5-11H,4H2,1-3H3,(H,19,21). The molecule has 0 fully saturated rings. The van der Waals surface area contributed by atoms with E-state index in [9.17, 15) is 0 Å². The van der Waals surface area contributed by atoms with E-state index < -0.39 is 0 Å². The molecule has 3 heteroatoms. The maximum atomic E-state index is 4.42. The smallest absolute Gasteiger partial charge is 0.151 e. The van der Waals surface area contributed by atoms with Gasteiger partial charge in [-0.1, -0.05) is 36.4 Å². The van der Waals surface area contributed by atoms with Crippen molar-refractivity contribution in [1.29, 1.82) is 0 Å². The Morgan fingerprint density at radius 2 is 1.67 bits per heavy atom. The zero-order valence-electron chi connectivity index (χ0n) is 12.6. The van der Waals surface area contributed by atoms with E-state index in [2.05, 4.69) is 78.7 Å². The lowest BCUT2D eigenvalue weighted by atomic mass is 10.0. The normalized spacial score (nSPS) is 10.8. The van der Waals surface area contributed by atoms with Crippen molar-refractivity contribution >= 4 is 16.6 Å². The maximum absolute atomic E-state index is 4.42. The summed E-state index contributed by atoms with van der Waals surface area (Å²) < 4.78 is 0.